The fourth-order valence-electron chi connectivity index (χ4n) is 3.35. The predicted molar refractivity (Wildman–Crippen MR) is 126 cm³/mol. The van der Waals surface area contributed by atoms with Crippen LogP contribution in [0.3, 0.4) is 0 Å². The van der Waals surface area contributed by atoms with Crippen LogP contribution in [-0.4, -0.2) is 21.9 Å². The molecule has 5 rings (SSSR count). The van der Waals surface area contributed by atoms with Crippen molar-refractivity contribution in [1.82, 2.24) is 10.2 Å². The molecule has 0 spiro atoms. The largest absolute Gasteiger partial charge is 0.484 e. The molecule has 1 amide bonds. The molecule has 0 bridgehead atoms. The van der Waals surface area contributed by atoms with Gasteiger partial charge >= 0.3 is 0 Å². The number of nitrogens with one attached hydrogen (secondary N) is 1. The standard InChI is InChI=1S/C25H19N3O3S/c29-23(26-21-11-9-17-5-1-3-7-19(17)13-21)16-32-25-28-27-24(31-25)15-30-22-12-10-18-6-2-4-8-20(18)14-22/h1-14H,15-16H2,(H,26,29). The Balaban J connectivity index is 1.13. The van der Waals surface area contributed by atoms with Crippen LogP contribution in [-0.2, 0) is 11.4 Å². The van der Waals surface area contributed by atoms with Crippen LogP contribution in [0.15, 0.2) is 94.6 Å². The molecule has 6 nitrogen and oxygen atoms in total. The summed E-state index contributed by atoms with van der Waals surface area (Å²) >= 11 is 1.19. The Kier molecular flexibility index (Phi) is 5.72. The van der Waals surface area contributed by atoms with Crippen LogP contribution in [0.25, 0.3) is 21.5 Å². The van der Waals surface area contributed by atoms with E-state index >= 15 is 0 Å². The van der Waals surface area contributed by atoms with Gasteiger partial charge in [-0.3, -0.25) is 4.79 Å². The van der Waals surface area contributed by atoms with Crippen LogP contribution in [0.2, 0.25) is 0 Å². The fourth-order valence-corrected chi connectivity index (χ4v) is 3.93. The van der Waals surface area contributed by atoms with Gasteiger partial charge in [0, 0.05) is 5.69 Å². The SMILES string of the molecule is O=C(CSc1nnc(COc2ccc3ccccc3c2)o1)Nc1ccc2ccccc2c1. The number of amides is 1. The van der Waals surface area contributed by atoms with E-state index < -0.39 is 0 Å². The van der Waals surface area contributed by atoms with Crippen molar-refractivity contribution in [3.05, 3.63) is 90.8 Å². The van der Waals surface area contributed by atoms with Crippen molar-refractivity contribution in [2.24, 2.45) is 0 Å². The molecule has 1 heterocycles. The zero-order chi connectivity index (χ0) is 21.8. The van der Waals surface area contributed by atoms with E-state index in [1.807, 2.05) is 78.9 Å². The highest BCUT2D eigenvalue weighted by Gasteiger charge is 2.11. The monoisotopic (exact) mass is 441 g/mol. The maximum absolute atomic E-state index is 12.3. The van der Waals surface area contributed by atoms with Crippen LogP contribution >= 0.6 is 11.8 Å². The maximum Gasteiger partial charge on any atom is 0.277 e. The van der Waals surface area contributed by atoms with Gasteiger partial charge in [-0.2, -0.15) is 0 Å². The Morgan fingerprint density at radius 3 is 2.31 bits per heavy atom. The first kappa shape index (κ1) is 20.1. The van der Waals surface area contributed by atoms with E-state index in [0.717, 1.165) is 33.0 Å². The van der Waals surface area contributed by atoms with Crippen LogP contribution in [0, 0.1) is 0 Å². The quantitative estimate of drug-likeness (QED) is 0.327. The molecule has 0 atom stereocenters. The van der Waals surface area contributed by atoms with E-state index in [2.05, 4.69) is 21.6 Å². The maximum atomic E-state index is 12.3. The summed E-state index contributed by atoms with van der Waals surface area (Å²) in [5, 5.41) is 15.7. The lowest BCUT2D eigenvalue weighted by molar-refractivity contribution is -0.113. The second-order valence-electron chi connectivity index (χ2n) is 7.16. The minimum absolute atomic E-state index is 0.141. The zero-order valence-corrected chi connectivity index (χ0v) is 17.8. The number of anilines is 1. The third-order valence-electron chi connectivity index (χ3n) is 4.89. The van der Waals surface area contributed by atoms with E-state index in [0.29, 0.717) is 11.1 Å². The summed E-state index contributed by atoms with van der Waals surface area (Å²) in [5.74, 6) is 1.11. The topological polar surface area (TPSA) is 77.2 Å². The minimum Gasteiger partial charge on any atom is -0.484 e. The average molecular weight is 442 g/mol. The summed E-state index contributed by atoms with van der Waals surface area (Å²) in [7, 11) is 0. The molecule has 0 aliphatic heterocycles. The number of hydrogen-bond donors (Lipinski definition) is 1. The lowest BCUT2D eigenvalue weighted by Crippen LogP contribution is -2.13. The Labute approximate surface area is 188 Å². The second-order valence-corrected chi connectivity index (χ2v) is 8.08. The smallest absolute Gasteiger partial charge is 0.277 e. The first-order valence-corrected chi connectivity index (χ1v) is 11.1. The summed E-state index contributed by atoms with van der Waals surface area (Å²) < 4.78 is 11.4. The third kappa shape index (κ3) is 4.73. The van der Waals surface area contributed by atoms with E-state index in [9.17, 15) is 4.79 Å². The van der Waals surface area contributed by atoms with Gasteiger partial charge in [0.25, 0.3) is 11.1 Å². The van der Waals surface area contributed by atoms with Gasteiger partial charge in [0.05, 0.1) is 5.75 Å². The number of fused-ring (bicyclic) bond motifs is 2. The summed E-state index contributed by atoms with van der Waals surface area (Å²) in [6, 6.07) is 27.8. The van der Waals surface area contributed by atoms with E-state index in [1.54, 1.807) is 0 Å². The van der Waals surface area contributed by atoms with Crippen LogP contribution in [0.5, 0.6) is 5.75 Å². The lowest BCUT2D eigenvalue weighted by atomic mass is 10.1. The Hall–Kier alpha value is -3.84. The Bertz CT molecular complexity index is 1400. The first-order chi connectivity index (χ1) is 15.7. The number of carbonyl (C=O) groups excluding carboxylic acids is 1. The second kappa shape index (κ2) is 9.11. The van der Waals surface area contributed by atoms with E-state index in [1.165, 1.54) is 11.8 Å². The van der Waals surface area contributed by atoms with Gasteiger partial charge in [-0.25, -0.2) is 0 Å². The molecule has 0 fully saturated rings. The number of nitrogens with zero attached hydrogens (tertiary/aromatic N) is 2. The molecule has 5 aromatic rings. The van der Waals surface area contributed by atoms with Gasteiger partial charge in [0.2, 0.25) is 5.91 Å². The van der Waals surface area contributed by atoms with Crippen LogP contribution < -0.4 is 10.1 Å². The average Bonchev–Trinajstić information content (AvgIpc) is 3.29. The van der Waals surface area contributed by atoms with Crippen molar-refractivity contribution < 1.29 is 13.9 Å². The van der Waals surface area contributed by atoms with Crippen molar-refractivity contribution >= 4 is 44.9 Å². The van der Waals surface area contributed by atoms with Gasteiger partial charge in [-0.15, -0.1) is 10.2 Å². The van der Waals surface area contributed by atoms with Crippen molar-refractivity contribution in [2.45, 2.75) is 11.8 Å². The first-order valence-electron chi connectivity index (χ1n) is 10.1. The van der Waals surface area contributed by atoms with E-state index in [-0.39, 0.29) is 18.3 Å². The molecule has 0 aliphatic carbocycles. The third-order valence-corrected chi connectivity index (χ3v) is 5.71. The zero-order valence-electron chi connectivity index (χ0n) is 17.0. The molecule has 1 aromatic heterocycles. The number of aromatic nitrogens is 2. The predicted octanol–water partition coefficient (Wildman–Crippen LogP) is 5.69. The fraction of sp³-hybridized carbons (Fsp3) is 0.0800. The lowest BCUT2D eigenvalue weighted by Gasteiger charge is -2.06. The highest BCUT2D eigenvalue weighted by molar-refractivity contribution is 7.99. The number of rotatable bonds is 7. The summed E-state index contributed by atoms with van der Waals surface area (Å²) in [6.45, 7) is 0.162. The van der Waals surface area contributed by atoms with Gasteiger partial charge < -0.3 is 14.5 Å². The highest BCUT2D eigenvalue weighted by Crippen LogP contribution is 2.23. The molecule has 1 N–H and O–H groups in total. The van der Waals surface area contributed by atoms with Gasteiger partial charge in [-0.1, -0.05) is 72.4 Å². The molecule has 32 heavy (non-hydrogen) atoms. The highest BCUT2D eigenvalue weighted by atomic mass is 32.2. The number of thioether (sulfide) groups is 1. The molecule has 0 saturated carbocycles. The summed E-state index contributed by atoms with van der Waals surface area (Å²) in [6.07, 6.45) is 0. The molecule has 158 valence electrons. The number of benzene rings is 4. The molecule has 0 radical (unpaired) electrons. The molecule has 0 unspecified atom stereocenters. The van der Waals surface area contributed by atoms with E-state index in [4.69, 9.17) is 9.15 Å². The van der Waals surface area contributed by atoms with Gasteiger partial charge in [0.15, 0.2) is 6.61 Å². The molecule has 4 aromatic carbocycles. The van der Waals surface area contributed by atoms with Crippen molar-refractivity contribution in [3.63, 3.8) is 0 Å². The van der Waals surface area contributed by atoms with Crippen molar-refractivity contribution in [2.75, 3.05) is 11.1 Å². The summed E-state index contributed by atoms with van der Waals surface area (Å²) in [4.78, 5) is 12.3. The van der Waals surface area contributed by atoms with Crippen molar-refractivity contribution in [3.8, 4) is 5.75 Å². The van der Waals surface area contributed by atoms with Crippen molar-refractivity contribution in [1.29, 1.82) is 0 Å². The number of hydrogen-bond acceptors (Lipinski definition) is 6. The Morgan fingerprint density at radius 2 is 1.53 bits per heavy atom. The molecule has 0 aliphatic rings. The molecule has 7 heteroatoms. The number of carbonyl (C=O) groups is 1. The number of ether oxygens (including phenoxy) is 1. The molecular formula is C25H19N3O3S. The van der Waals surface area contributed by atoms with Gasteiger partial charge in [-0.05, 0) is 45.8 Å². The van der Waals surface area contributed by atoms with Crippen LogP contribution in [0.4, 0.5) is 5.69 Å². The normalized spacial score (nSPS) is 11.0. The molecule has 0 saturated heterocycles. The van der Waals surface area contributed by atoms with Crippen LogP contribution in [0.1, 0.15) is 5.89 Å². The van der Waals surface area contributed by atoms with Gasteiger partial charge in [0.1, 0.15) is 5.75 Å². The minimum atomic E-state index is -0.141. The Morgan fingerprint density at radius 1 is 0.844 bits per heavy atom. The summed E-state index contributed by atoms with van der Waals surface area (Å²) in [5.41, 5.74) is 0.754. The molecular weight excluding hydrogens is 422 g/mol.